The molecule has 0 aromatic heterocycles. The standard InChI is InChI=1S/C10H20ClN/c1-8(6-11)7-12-9(2)10(3,4)5/h6,9,12H,7H2,1-5H3. The van der Waals surface area contributed by atoms with Crippen molar-refractivity contribution in [3.05, 3.63) is 11.1 Å². The fourth-order valence-electron chi connectivity index (χ4n) is 0.659. The van der Waals surface area contributed by atoms with Crippen molar-refractivity contribution >= 4 is 11.6 Å². The summed E-state index contributed by atoms with van der Waals surface area (Å²) in [5.74, 6) is 0. The summed E-state index contributed by atoms with van der Waals surface area (Å²) in [7, 11) is 0. The molecule has 2 heteroatoms. The van der Waals surface area contributed by atoms with Crippen LogP contribution in [0.25, 0.3) is 0 Å². The Bertz CT molecular complexity index is 156. The molecule has 0 aliphatic carbocycles. The third-order valence-electron chi connectivity index (χ3n) is 2.17. The summed E-state index contributed by atoms with van der Waals surface area (Å²) in [5.41, 5.74) is 3.11. The molecule has 0 saturated carbocycles. The van der Waals surface area contributed by atoms with Crippen LogP contribution in [0.2, 0.25) is 0 Å². The first-order valence-corrected chi connectivity index (χ1v) is 4.81. The van der Waals surface area contributed by atoms with Gasteiger partial charge < -0.3 is 5.32 Å². The van der Waals surface area contributed by atoms with E-state index < -0.39 is 0 Å². The molecule has 0 spiro atoms. The second kappa shape index (κ2) is 4.88. The number of hydrogen-bond donors (Lipinski definition) is 1. The first-order chi connectivity index (χ1) is 5.38. The Balaban J connectivity index is 3.80. The highest BCUT2D eigenvalue weighted by Crippen LogP contribution is 2.18. The van der Waals surface area contributed by atoms with Crippen molar-refractivity contribution in [3.63, 3.8) is 0 Å². The smallest absolute Gasteiger partial charge is 0.0176 e. The summed E-state index contributed by atoms with van der Waals surface area (Å²) in [4.78, 5) is 0. The predicted molar refractivity (Wildman–Crippen MR) is 56.5 cm³/mol. The molecular formula is C10H20ClN. The molecule has 0 aromatic carbocycles. The van der Waals surface area contributed by atoms with E-state index in [1.54, 1.807) is 5.54 Å². The van der Waals surface area contributed by atoms with Crippen LogP contribution in [-0.4, -0.2) is 12.6 Å². The molecule has 0 rings (SSSR count). The van der Waals surface area contributed by atoms with E-state index in [0.29, 0.717) is 11.5 Å². The first-order valence-electron chi connectivity index (χ1n) is 4.37. The molecule has 0 heterocycles. The third kappa shape index (κ3) is 4.78. The molecule has 0 saturated heterocycles. The van der Waals surface area contributed by atoms with E-state index in [9.17, 15) is 0 Å². The maximum atomic E-state index is 5.55. The van der Waals surface area contributed by atoms with Crippen molar-refractivity contribution in [2.24, 2.45) is 5.41 Å². The first kappa shape index (κ1) is 12.0. The van der Waals surface area contributed by atoms with E-state index in [0.717, 1.165) is 6.54 Å². The Morgan fingerprint density at radius 3 is 2.33 bits per heavy atom. The van der Waals surface area contributed by atoms with Crippen molar-refractivity contribution < 1.29 is 0 Å². The van der Waals surface area contributed by atoms with Gasteiger partial charge in [0.15, 0.2) is 0 Å². The zero-order chi connectivity index (χ0) is 9.78. The molecule has 1 N–H and O–H groups in total. The molecule has 0 aromatic rings. The average molecular weight is 190 g/mol. The number of rotatable bonds is 3. The number of halogens is 1. The van der Waals surface area contributed by atoms with Gasteiger partial charge in [-0.1, -0.05) is 32.4 Å². The molecule has 0 amide bonds. The van der Waals surface area contributed by atoms with Crippen LogP contribution in [0.3, 0.4) is 0 Å². The van der Waals surface area contributed by atoms with E-state index in [1.807, 2.05) is 6.92 Å². The SMILES string of the molecule is CC(=CCl)CNC(C)C(C)(C)C. The fourth-order valence-corrected chi connectivity index (χ4v) is 0.736. The Morgan fingerprint density at radius 2 is 2.00 bits per heavy atom. The zero-order valence-electron chi connectivity index (χ0n) is 8.74. The maximum absolute atomic E-state index is 5.55. The summed E-state index contributed by atoms with van der Waals surface area (Å²) in [6.07, 6.45) is 0. The van der Waals surface area contributed by atoms with Gasteiger partial charge in [-0.15, -0.1) is 0 Å². The molecule has 1 atom stereocenters. The summed E-state index contributed by atoms with van der Waals surface area (Å²) in [6.45, 7) is 11.8. The summed E-state index contributed by atoms with van der Waals surface area (Å²) in [5, 5.41) is 3.42. The molecule has 0 bridgehead atoms. The van der Waals surface area contributed by atoms with Crippen LogP contribution in [0.1, 0.15) is 34.6 Å². The molecule has 1 nitrogen and oxygen atoms in total. The van der Waals surface area contributed by atoms with Crippen LogP contribution >= 0.6 is 11.6 Å². The van der Waals surface area contributed by atoms with E-state index in [2.05, 4.69) is 33.0 Å². The fraction of sp³-hybridized carbons (Fsp3) is 0.800. The Hall–Kier alpha value is -0.0100. The van der Waals surface area contributed by atoms with Gasteiger partial charge in [0.2, 0.25) is 0 Å². The van der Waals surface area contributed by atoms with Gasteiger partial charge in [0, 0.05) is 18.1 Å². The Morgan fingerprint density at radius 1 is 1.50 bits per heavy atom. The molecular weight excluding hydrogens is 170 g/mol. The molecule has 0 aliphatic rings. The average Bonchev–Trinajstić information content (AvgIpc) is 1.97. The van der Waals surface area contributed by atoms with Crippen molar-refractivity contribution in [2.45, 2.75) is 40.7 Å². The minimum atomic E-state index is 0.312. The summed E-state index contributed by atoms with van der Waals surface area (Å²) >= 11 is 5.55. The van der Waals surface area contributed by atoms with Gasteiger partial charge in [0.1, 0.15) is 0 Å². The van der Waals surface area contributed by atoms with Gasteiger partial charge in [-0.3, -0.25) is 0 Å². The third-order valence-corrected chi connectivity index (χ3v) is 2.54. The van der Waals surface area contributed by atoms with Crippen molar-refractivity contribution in [2.75, 3.05) is 6.54 Å². The van der Waals surface area contributed by atoms with Crippen LogP contribution < -0.4 is 5.32 Å². The van der Waals surface area contributed by atoms with Crippen LogP contribution in [0.4, 0.5) is 0 Å². The quantitative estimate of drug-likeness (QED) is 0.720. The van der Waals surface area contributed by atoms with Gasteiger partial charge in [-0.2, -0.15) is 0 Å². The molecule has 12 heavy (non-hydrogen) atoms. The predicted octanol–water partition coefficient (Wildman–Crippen LogP) is 3.15. The summed E-state index contributed by atoms with van der Waals surface area (Å²) in [6, 6.07) is 0.504. The van der Waals surface area contributed by atoms with Gasteiger partial charge in [0.05, 0.1) is 0 Å². The van der Waals surface area contributed by atoms with E-state index in [1.165, 1.54) is 5.57 Å². The van der Waals surface area contributed by atoms with Crippen molar-refractivity contribution in [3.8, 4) is 0 Å². The normalized spacial score (nSPS) is 16.3. The Kier molecular flexibility index (Phi) is 4.88. The lowest BCUT2D eigenvalue weighted by Crippen LogP contribution is -2.38. The van der Waals surface area contributed by atoms with Crippen LogP contribution in [0.5, 0.6) is 0 Å². The molecule has 72 valence electrons. The molecule has 0 radical (unpaired) electrons. The van der Waals surface area contributed by atoms with E-state index in [-0.39, 0.29) is 0 Å². The van der Waals surface area contributed by atoms with Crippen LogP contribution in [0, 0.1) is 5.41 Å². The van der Waals surface area contributed by atoms with Gasteiger partial charge in [-0.05, 0) is 24.8 Å². The zero-order valence-corrected chi connectivity index (χ0v) is 9.50. The highest BCUT2D eigenvalue weighted by Gasteiger charge is 2.18. The molecule has 0 aliphatic heterocycles. The van der Waals surface area contributed by atoms with E-state index >= 15 is 0 Å². The lowest BCUT2D eigenvalue weighted by molar-refractivity contribution is 0.293. The lowest BCUT2D eigenvalue weighted by atomic mass is 9.88. The van der Waals surface area contributed by atoms with Crippen molar-refractivity contribution in [1.29, 1.82) is 0 Å². The largest absolute Gasteiger partial charge is 0.310 e. The molecule has 1 unspecified atom stereocenters. The van der Waals surface area contributed by atoms with Gasteiger partial charge in [0.25, 0.3) is 0 Å². The Labute approximate surface area is 81.2 Å². The van der Waals surface area contributed by atoms with E-state index in [4.69, 9.17) is 11.6 Å². The number of hydrogen-bond acceptors (Lipinski definition) is 1. The minimum absolute atomic E-state index is 0.312. The second-order valence-electron chi connectivity index (χ2n) is 4.42. The van der Waals surface area contributed by atoms with Crippen molar-refractivity contribution in [1.82, 2.24) is 5.32 Å². The van der Waals surface area contributed by atoms with Gasteiger partial charge >= 0.3 is 0 Å². The summed E-state index contributed by atoms with van der Waals surface area (Å²) < 4.78 is 0. The van der Waals surface area contributed by atoms with Crippen LogP contribution in [-0.2, 0) is 0 Å². The second-order valence-corrected chi connectivity index (χ2v) is 4.64. The lowest BCUT2D eigenvalue weighted by Gasteiger charge is -2.28. The minimum Gasteiger partial charge on any atom is -0.310 e. The highest BCUT2D eigenvalue weighted by molar-refractivity contribution is 6.25. The number of nitrogens with one attached hydrogen (secondary N) is 1. The maximum Gasteiger partial charge on any atom is 0.0176 e. The van der Waals surface area contributed by atoms with Gasteiger partial charge in [-0.25, -0.2) is 0 Å². The highest BCUT2D eigenvalue weighted by atomic mass is 35.5. The topological polar surface area (TPSA) is 12.0 Å². The molecule has 0 fully saturated rings. The monoisotopic (exact) mass is 189 g/mol. The van der Waals surface area contributed by atoms with Crippen LogP contribution in [0.15, 0.2) is 11.1 Å².